The number of sulfone groups is 1. The predicted octanol–water partition coefficient (Wildman–Crippen LogP) is 1.77. The summed E-state index contributed by atoms with van der Waals surface area (Å²) < 4.78 is 70.2. The van der Waals surface area contributed by atoms with Gasteiger partial charge in [0.05, 0.1) is 110 Å². The molecule has 0 spiro atoms. The van der Waals surface area contributed by atoms with Gasteiger partial charge in [0.2, 0.25) is 23.6 Å². The lowest BCUT2D eigenvalue weighted by molar-refractivity contribution is -0.131. The molecule has 0 unspecified atom stereocenters. The Balaban J connectivity index is 1.29. The van der Waals surface area contributed by atoms with Crippen molar-refractivity contribution in [2.24, 2.45) is 23.3 Å². The number of nitrogens with one attached hydrogen (secondary N) is 5. The number of unbranched alkanes of at least 4 members (excludes halogenated alkanes) is 1. The molecule has 21 nitrogen and oxygen atoms in total. The van der Waals surface area contributed by atoms with Gasteiger partial charge in [-0.15, -0.1) is 0 Å². The van der Waals surface area contributed by atoms with Crippen molar-refractivity contribution in [3.63, 3.8) is 0 Å². The zero-order chi connectivity index (χ0) is 52.6. The summed E-state index contributed by atoms with van der Waals surface area (Å²) in [5.41, 5.74) is 12.9. The lowest BCUT2D eigenvalue weighted by Crippen LogP contribution is -2.49. The van der Waals surface area contributed by atoms with Gasteiger partial charge in [0.15, 0.2) is 9.84 Å². The first-order valence-electron chi connectivity index (χ1n) is 25.6. The average molecular weight is 1050 g/mol. The molecule has 2 aromatic rings. The summed E-state index contributed by atoms with van der Waals surface area (Å²) in [6.45, 7) is 6.66. The minimum atomic E-state index is -3.68. The third-order valence-corrected chi connectivity index (χ3v) is 13.2. The lowest BCUT2D eigenvalue weighted by atomic mass is 9.83. The molecule has 3 rings (SSSR count). The number of carbonyl (C=O) groups excluding carboxylic acids is 4. The molecule has 4 amide bonds. The van der Waals surface area contributed by atoms with E-state index in [1.165, 1.54) is 0 Å². The molecule has 1 aliphatic rings. The van der Waals surface area contributed by atoms with Crippen LogP contribution in [0.3, 0.4) is 0 Å². The number of benzene rings is 2. The second-order valence-corrected chi connectivity index (χ2v) is 19.7. The van der Waals surface area contributed by atoms with Gasteiger partial charge in [-0.2, -0.15) is 0 Å². The number of carbonyl (C=O) groups is 4. The van der Waals surface area contributed by atoms with Crippen molar-refractivity contribution >= 4 is 39.3 Å². The molecule has 1 aliphatic carbocycles. The maximum atomic E-state index is 14.1. The Morgan fingerprint density at radius 2 is 1.12 bits per heavy atom. The average Bonchev–Trinajstić information content (AvgIpc) is 3.38. The van der Waals surface area contributed by atoms with Gasteiger partial charge < -0.3 is 70.6 Å². The van der Waals surface area contributed by atoms with Crippen molar-refractivity contribution in [3.8, 4) is 0 Å². The normalized spacial score (nSPS) is 13.8. The quantitative estimate of drug-likeness (QED) is 0.0283. The Morgan fingerprint density at radius 3 is 1.66 bits per heavy atom. The van der Waals surface area contributed by atoms with Crippen molar-refractivity contribution < 1.29 is 65.5 Å². The maximum absolute atomic E-state index is 14.1. The van der Waals surface area contributed by atoms with Crippen LogP contribution in [-0.2, 0) is 79.2 Å². The predicted molar refractivity (Wildman–Crippen MR) is 275 cm³/mol. The van der Waals surface area contributed by atoms with Gasteiger partial charge in [0.1, 0.15) is 25.1 Å². The topological polar surface area (TPSA) is 300 Å². The van der Waals surface area contributed by atoms with Crippen LogP contribution in [0.2, 0.25) is 0 Å². The van der Waals surface area contributed by atoms with E-state index in [9.17, 15) is 27.6 Å². The van der Waals surface area contributed by atoms with Crippen LogP contribution in [0, 0.1) is 17.2 Å². The third kappa shape index (κ3) is 31.7. The first-order valence-corrected chi connectivity index (χ1v) is 27.4. The summed E-state index contributed by atoms with van der Waals surface area (Å²) >= 11 is 0. The zero-order valence-corrected chi connectivity index (χ0v) is 43.4. The van der Waals surface area contributed by atoms with Gasteiger partial charge in [-0.3, -0.25) is 24.6 Å². The Morgan fingerprint density at radius 1 is 0.603 bits per heavy atom. The molecule has 1 saturated carbocycles. The maximum Gasteiger partial charge on any atom is 0.246 e. The largest absolute Gasteiger partial charge is 0.384 e. The highest BCUT2D eigenvalue weighted by Gasteiger charge is 2.32. The van der Waals surface area contributed by atoms with Crippen molar-refractivity contribution in [1.29, 1.82) is 5.41 Å². The van der Waals surface area contributed by atoms with Crippen LogP contribution in [0.25, 0.3) is 0 Å². The molecule has 2 aromatic carbocycles. The first kappa shape index (κ1) is 62.7. The molecule has 73 heavy (non-hydrogen) atoms. The third-order valence-electron chi connectivity index (χ3n) is 11.5. The van der Waals surface area contributed by atoms with Crippen LogP contribution in [0.15, 0.2) is 54.6 Å². The van der Waals surface area contributed by atoms with Crippen molar-refractivity contribution in [2.75, 3.05) is 131 Å². The fourth-order valence-corrected chi connectivity index (χ4v) is 9.47. The standard InChI is InChI=1S/C51H83N7O14S/c52-18-21-65-23-25-67-27-29-69-31-33-71-34-32-70-30-28-68-26-24-66-22-20-56-48(60)38-72-37-47(59)55-19-8-7-13-46(51(62)57-36-42-14-16-44(17-15-42)49(53)54)58-50(61)45(35-41-9-3-1-4-10-41)40-73(63,64)39-43-11-5-2-6-12-43/h2,5-6,11-12,14-17,41,45-46H,1,3-4,7-10,13,18-40,52H2,(H3,53,54)(H,55,59)(H,56,60)(H,57,62)(H,58,61)/t45-,46-/m0/s1. The van der Waals surface area contributed by atoms with Gasteiger partial charge in [-0.05, 0) is 42.7 Å². The SMILES string of the molecule is N=C(N)c1ccc(CNC(=O)[C@H](CCCCNC(=O)COCC(=O)NCCOCCOCCOCCOCCOCCOCCOCCN)NC(=O)[C@@H](CC2CCCCC2)CS(=O)(=O)Cc2ccccc2)cc1. The Labute approximate surface area is 431 Å². The number of hydrogen-bond donors (Lipinski definition) is 7. The Bertz CT molecular complexity index is 1930. The van der Waals surface area contributed by atoms with Gasteiger partial charge in [-0.1, -0.05) is 86.7 Å². The summed E-state index contributed by atoms with van der Waals surface area (Å²) in [4.78, 5) is 52.4. The summed E-state index contributed by atoms with van der Waals surface area (Å²) in [7, 11) is -3.68. The molecule has 0 aromatic heterocycles. The van der Waals surface area contributed by atoms with E-state index >= 15 is 0 Å². The highest BCUT2D eigenvalue weighted by molar-refractivity contribution is 7.90. The molecule has 0 radical (unpaired) electrons. The van der Waals surface area contributed by atoms with Crippen LogP contribution in [0.4, 0.5) is 0 Å². The number of amidine groups is 1. The minimum absolute atomic E-state index is 0.0767. The summed E-state index contributed by atoms with van der Waals surface area (Å²) in [6.07, 6.45) is 6.57. The van der Waals surface area contributed by atoms with E-state index in [0.717, 1.165) is 37.7 Å². The van der Waals surface area contributed by atoms with E-state index in [0.29, 0.717) is 123 Å². The number of nitrogen functional groups attached to an aromatic ring is 1. The Kier molecular flexibility index (Phi) is 34.2. The van der Waals surface area contributed by atoms with E-state index in [1.807, 2.05) is 6.07 Å². The van der Waals surface area contributed by atoms with Crippen LogP contribution in [0.1, 0.15) is 74.5 Å². The molecule has 2 atom stereocenters. The molecule has 1 fully saturated rings. The van der Waals surface area contributed by atoms with Gasteiger partial charge >= 0.3 is 0 Å². The van der Waals surface area contributed by atoms with Crippen LogP contribution in [0.5, 0.6) is 0 Å². The molecule has 412 valence electrons. The number of hydrogen-bond acceptors (Lipinski definition) is 16. The fourth-order valence-electron chi connectivity index (χ4n) is 7.75. The van der Waals surface area contributed by atoms with Crippen LogP contribution < -0.4 is 32.7 Å². The molecule has 9 N–H and O–H groups in total. The molecule has 0 saturated heterocycles. The van der Waals surface area contributed by atoms with Gasteiger partial charge in [0, 0.05) is 31.7 Å². The van der Waals surface area contributed by atoms with Gasteiger partial charge in [0.25, 0.3) is 0 Å². The van der Waals surface area contributed by atoms with E-state index in [1.54, 1.807) is 48.5 Å². The van der Waals surface area contributed by atoms with Crippen molar-refractivity contribution in [2.45, 2.75) is 76.1 Å². The van der Waals surface area contributed by atoms with E-state index < -0.39 is 45.4 Å². The molecular formula is C51H83N7O14S. The summed E-state index contributed by atoms with van der Waals surface area (Å²) in [6, 6.07) is 14.8. The lowest BCUT2D eigenvalue weighted by Gasteiger charge is -2.27. The molecular weight excluding hydrogens is 967 g/mol. The van der Waals surface area contributed by atoms with Crippen LogP contribution in [-0.4, -0.2) is 175 Å². The zero-order valence-electron chi connectivity index (χ0n) is 42.6. The molecule has 0 aliphatic heterocycles. The number of amides is 4. The summed E-state index contributed by atoms with van der Waals surface area (Å²) in [5, 5.41) is 18.9. The van der Waals surface area contributed by atoms with E-state index in [4.69, 9.17) is 54.8 Å². The minimum Gasteiger partial charge on any atom is -0.384 e. The van der Waals surface area contributed by atoms with Crippen molar-refractivity contribution in [3.05, 3.63) is 71.3 Å². The number of ether oxygens (including phenoxy) is 8. The Hall–Kier alpha value is -4.62. The monoisotopic (exact) mass is 1050 g/mol. The smallest absolute Gasteiger partial charge is 0.246 e. The molecule has 0 bridgehead atoms. The van der Waals surface area contributed by atoms with Gasteiger partial charge in [-0.25, -0.2) is 8.42 Å². The fraction of sp³-hybridized carbons (Fsp3) is 0.667. The number of rotatable bonds is 44. The highest BCUT2D eigenvalue weighted by Crippen LogP contribution is 2.30. The van der Waals surface area contributed by atoms with Crippen molar-refractivity contribution in [1.82, 2.24) is 21.3 Å². The first-order chi connectivity index (χ1) is 35.5. The second kappa shape index (κ2) is 39.8. The highest BCUT2D eigenvalue weighted by atomic mass is 32.2. The second-order valence-electron chi connectivity index (χ2n) is 17.6. The number of nitrogens with two attached hydrogens (primary N) is 2. The van der Waals surface area contributed by atoms with Crippen LogP contribution >= 0.6 is 0 Å². The molecule has 0 heterocycles. The van der Waals surface area contributed by atoms with E-state index in [-0.39, 0.29) is 69.1 Å². The van der Waals surface area contributed by atoms with E-state index in [2.05, 4.69) is 21.3 Å². The summed E-state index contributed by atoms with van der Waals surface area (Å²) in [5.74, 6) is -2.95. The molecule has 22 heteroatoms.